The summed E-state index contributed by atoms with van der Waals surface area (Å²) in [6.45, 7) is 8.46. The molecule has 2 fully saturated rings. The largest absolute Gasteiger partial charge is 0.335 e. The average Bonchev–Trinajstić information content (AvgIpc) is 2.97. The quantitative estimate of drug-likeness (QED) is 0.799. The van der Waals surface area contributed by atoms with Gasteiger partial charge in [-0.2, -0.15) is 0 Å². The number of rotatable bonds is 4. The van der Waals surface area contributed by atoms with Gasteiger partial charge in [0.2, 0.25) is 0 Å². The predicted molar refractivity (Wildman–Crippen MR) is 78.7 cm³/mol. The van der Waals surface area contributed by atoms with Crippen LogP contribution in [0.1, 0.15) is 53.4 Å². The second-order valence-corrected chi connectivity index (χ2v) is 6.79. The molecule has 2 N–H and O–H groups in total. The zero-order chi connectivity index (χ0) is 14.0. The number of hydrogen-bond donors (Lipinski definition) is 2. The van der Waals surface area contributed by atoms with Gasteiger partial charge in [0.15, 0.2) is 0 Å². The van der Waals surface area contributed by atoms with Gasteiger partial charge in [0.05, 0.1) is 0 Å². The topological polar surface area (TPSA) is 41.1 Å². The van der Waals surface area contributed by atoms with Crippen molar-refractivity contribution in [2.75, 3.05) is 0 Å². The van der Waals surface area contributed by atoms with Crippen LogP contribution in [0.4, 0.5) is 4.79 Å². The van der Waals surface area contributed by atoms with Crippen LogP contribution in [-0.2, 0) is 0 Å². The van der Waals surface area contributed by atoms with E-state index in [1.807, 2.05) is 13.1 Å². The van der Waals surface area contributed by atoms with Crippen molar-refractivity contribution in [1.29, 1.82) is 0 Å². The number of hydrogen-bond acceptors (Lipinski definition) is 1. The molecule has 0 aromatic carbocycles. The Morgan fingerprint density at radius 3 is 2.47 bits per heavy atom. The Hall–Kier alpha value is -0.990. The Kier molecular flexibility index (Phi) is 4.54. The Labute approximate surface area is 117 Å². The van der Waals surface area contributed by atoms with Crippen LogP contribution < -0.4 is 10.6 Å². The first-order valence-electron chi connectivity index (χ1n) is 7.71. The minimum atomic E-state index is -0.0599. The summed E-state index contributed by atoms with van der Waals surface area (Å²) in [4.78, 5) is 11.9. The summed E-state index contributed by atoms with van der Waals surface area (Å²) < 4.78 is 0. The van der Waals surface area contributed by atoms with Crippen molar-refractivity contribution in [3.8, 4) is 0 Å². The van der Waals surface area contributed by atoms with Crippen molar-refractivity contribution in [3.63, 3.8) is 0 Å². The van der Waals surface area contributed by atoms with Gasteiger partial charge in [-0.1, -0.05) is 25.8 Å². The highest BCUT2D eigenvalue weighted by Gasteiger charge is 2.42. The maximum Gasteiger partial charge on any atom is 0.318 e. The molecular formula is C16H28N2O. The number of nitrogens with one attached hydrogen (secondary N) is 2. The molecule has 0 aromatic rings. The summed E-state index contributed by atoms with van der Waals surface area (Å²) in [6, 6.07) is 0.235. The molecule has 2 aliphatic rings. The highest BCUT2D eigenvalue weighted by atomic mass is 16.2. The van der Waals surface area contributed by atoms with Crippen LogP contribution in [0.3, 0.4) is 0 Å². The number of carbonyl (C=O) groups excluding carboxylic acids is 1. The van der Waals surface area contributed by atoms with Crippen molar-refractivity contribution < 1.29 is 4.79 Å². The number of carbonyl (C=O) groups is 1. The summed E-state index contributed by atoms with van der Waals surface area (Å²) in [5.41, 5.74) is 1.20. The Morgan fingerprint density at radius 1 is 1.21 bits per heavy atom. The zero-order valence-corrected chi connectivity index (χ0v) is 12.7. The van der Waals surface area contributed by atoms with Crippen LogP contribution in [0.5, 0.6) is 0 Å². The van der Waals surface area contributed by atoms with E-state index in [9.17, 15) is 4.79 Å². The molecule has 0 spiro atoms. The molecule has 2 rings (SSSR count). The lowest BCUT2D eigenvalue weighted by Crippen LogP contribution is -2.43. The Bertz CT molecular complexity index is 362. The molecule has 3 heteroatoms. The third-order valence-corrected chi connectivity index (χ3v) is 5.14. The molecule has 2 aliphatic carbocycles. The molecule has 0 radical (unpaired) electrons. The van der Waals surface area contributed by atoms with Crippen molar-refractivity contribution >= 4 is 6.03 Å². The summed E-state index contributed by atoms with van der Waals surface area (Å²) >= 11 is 0. The van der Waals surface area contributed by atoms with Gasteiger partial charge in [-0.05, 0) is 56.8 Å². The van der Waals surface area contributed by atoms with E-state index in [2.05, 4.69) is 31.4 Å². The van der Waals surface area contributed by atoms with Gasteiger partial charge in [0, 0.05) is 12.2 Å². The van der Waals surface area contributed by atoms with Crippen molar-refractivity contribution in [2.45, 2.75) is 59.4 Å². The van der Waals surface area contributed by atoms with E-state index in [-0.39, 0.29) is 6.03 Å². The second kappa shape index (κ2) is 5.98. The Balaban J connectivity index is 1.78. The number of fused-ring (bicyclic) bond motifs is 2. The molecular weight excluding hydrogens is 236 g/mol. The molecule has 19 heavy (non-hydrogen) atoms. The van der Waals surface area contributed by atoms with E-state index in [1.54, 1.807) is 0 Å². The molecule has 0 aliphatic heterocycles. The van der Waals surface area contributed by atoms with Gasteiger partial charge in [0.25, 0.3) is 0 Å². The normalized spacial score (nSPS) is 31.6. The molecule has 0 saturated heterocycles. The van der Waals surface area contributed by atoms with E-state index in [1.165, 1.54) is 31.3 Å². The molecule has 4 atom stereocenters. The third kappa shape index (κ3) is 3.52. The smallest absolute Gasteiger partial charge is 0.318 e. The first-order chi connectivity index (χ1) is 8.97. The lowest BCUT2D eigenvalue weighted by atomic mass is 9.84. The summed E-state index contributed by atoms with van der Waals surface area (Å²) in [7, 11) is 0. The number of amides is 2. The lowest BCUT2D eigenvalue weighted by molar-refractivity contribution is 0.223. The van der Waals surface area contributed by atoms with Crippen LogP contribution in [-0.4, -0.2) is 12.1 Å². The van der Waals surface area contributed by atoms with Crippen LogP contribution in [0.25, 0.3) is 0 Å². The highest BCUT2D eigenvalue weighted by Crippen LogP contribution is 2.49. The highest BCUT2D eigenvalue weighted by molar-refractivity contribution is 5.75. The average molecular weight is 264 g/mol. The van der Waals surface area contributed by atoms with E-state index in [4.69, 9.17) is 0 Å². The van der Waals surface area contributed by atoms with Gasteiger partial charge < -0.3 is 10.6 Å². The van der Waals surface area contributed by atoms with Crippen LogP contribution in [0, 0.1) is 23.7 Å². The molecule has 3 nitrogen and oxygen atoms in total. The Morgan fingerprint density at radius 2 is 1.95 bits per heavy atom. The van der Waals surface area contributed by atoms with Crippen LogP contribution >= 0.6 is 0 Å². The molecule has 4 unspecified atom stereocenters. The molecule has 0 aromatic heterocycles. The minimum absolute atomic E-state index is 0.0599. The zero-order valence-electron chi connectivity index (χ0n) is 12.7. The fourth-order valence-electron chi connectivity index (χ4n) is 3.61. The first-order valence-corrected chi connectivity index (χ1v) is 7.71. The summed E-state index contributed by atoms with van der Waals surface area (Å²) in [5.74, 6) is 2.96. The van der Waals surface area contributed by atoms with Crippen LogP contribution in [0.2, 0.25) is 0 Å². The summed E-state index contributed by atoms with van der Waals surface area (Å²) in [6.07, 6.45) is 7.32. The summed E-state index contributed by atoms with van der Waals surface area (Å²) in [5, 5.41) is 5.96. The van der Waals surface area contributed by atoms with Gasteiger partial charge in [-0.15, -0.1) is 0 Å². The second-order valence-electron chi connectivity index (χ2n) is 6.79. The first kappa shape index (κ1) is 14.4. The van der Waals surface area contributed by atoms with E-state index in [0.717, 1.165) is 11.8 Å². The lowest BCUT2D eigenvalue weighted by Gasteiger charge is -2.28. The maximum atomic E-state index is 11.9. The number of urea groups is 1. The van der Waals surface area contributed by atoms with Gasteiger partial charge in [-0.25, -0.2) is 4.79 Å². The molecule has 108 valence electrons. The van der Waals surface area contributed by atoms with Crippen LogP contribution in [0.15, 0.2) is 11.8 Å². The van der Waals surface area contributed by atoms with Gasteiger partial charge in [-0.3, -0.25) is 0 Å². The van der Waals surface area contributed by atoms with Crippen molar-refractivity contribution in [1.82, 2.24) is 10.6 Å². The number of allylic oxidation sites excluding steroid dienone is 1. The SMILES string of the molecule is C/C(=C\NC(=O)NC(C)C1CC2CCC1C2)C(C)C. The predicted octanol–water partition coefficient (Wildman–Crippen LogP) is 3.67. The molecule has 2 saturated carbocycles. The van der Waals surface area contributed by atoms with Gasteiger partial charge >= 0.3 is 6.03 Å². The maximum absolute atomic E-state index is 11.9. The standard InChI is InChI=1S/C16H28N2O/c1-10(2)11(3)9-17-16(19)18-12(4)15-8-13-5-6-14(15)7-13/h9-10,12-15H,5-8H2,1-4H3,(H2,17,18,19)/b11-9+. The van der Waals surface area contributed by atoms with Crippen molar-refractivity contribution in [2.24, 2.45) is 23.7 Å². The van der Waals surface area contributed by atoms with E-state index < -0.39 is 0 Å². The molecule has 0 heterocycles. The fraction of sp³-hybridized carbons (Fsp3) is 0.812. The van der Waals surface area contributed by atoms with Crippen molar-refractivity contribution in [3.05, 3.63) is 11.8 Å². The van der Waals surface area contributed by atoms with E-state index >= 15 is 0 Å². The monoisotopic (exact) mass is 264 g/mol. The third-order valence-electron chi connectivity index (χ3n) is 5.14. The molecule has 2 amide bonds. The fourth-order valence-corrected chi connectivity index (χ4v) is 3.61. The minimum Gasteiger partial charge on any atom is -0.335 e. The molecule has 2 bridgehead atoms. The van der Waals surface area contributed by atoms with E-state index in [0.29, 0.717) is 17.9 Å². The van der Waals surface area contributed by atoms with Gasteiger partial charge in [0.1, 0.15) is 0 Å².